The standard InChI is InChI=1S/C11H17NO2/c1-9-8-10(13-2)4-5-11(9)14-7-3-6-12/h4-5,8H,3,6-7,12H2,1-2H3. The van der Waals surface area contributed by atoms with Gasteiger partial charge in [-0.2, -0.15) is 0 Å². The van der Waals surface area contributed by atoms with Crippen LogP contribution in [0.4, 0.5) is 0 Å². The average Bonchev–Trinajstić information content (AvgIpc) is 2.20. The fourth-order valence-corrected chi connectivity index (χ4v) is 1.18. The zero-order valence-electron chi connectivity index (χ0n) is 8.75. The molecule has 0 heterocycles. The minimum atomic E-state index is 0.662. The van der Waals surface area contributed by atoms with Crippen molar-refractivity contribution in [3.63, 3.8) is 0 Å². The third-order valence-corrected chi connectivity index (χ3v) is 1.99. The van der Waals surface area contributed by atoms with Crippen LogP contribution in [0.15, 0.2) is 18.2 Å². The van der Waals surface area contributed by atoms with Gasteiger partial charge in [-0.3, -0.25) is 0 Å². The van der Waals surface area contributed by atoms with E-state index in [-0.39, 0.29) is 0 Å². The Morgan fingerprint density at radius 2 is 2.14 bits per heavy atom. The molecular weight excluding hydrogens is 178 g/mol. The maximum Gasteiger partial charge on any atom is 0.122 e. The van der Waals surface area contributed by atoms with Crippen LogP contribution in [0, 0.1) is 6.92 Å². The molecule has 14 heavy (non-hydrogen) atoms. The first-order chi connectivity index (χ1) is 6.77. The SMILES string of the molecule is COc1ccc(OCCCN)c(C)c1. The molecule has 0 aliphatic rings. The van der Waals surface area contributed by atoms with E-state index in [0.29, 0.717) is 13.2 Å². The van der Waals surface area contributed by atoms with E-state index in [1.807, 2.05) is 25.1 Å². The van der Waals surface area contributed by atoms with Crippen molar-refractivity contribution in [3.05, 3.63) is 23.8 Å². The predicted octanol–water partition coefficient (Wildman–Crippen LogP) is 1.73. The Balaban J connectivity index is 2.59. The molecule has 3 heteroatoms. The Kier molecular flexibility index (Phi) is 4.26. The van der Waals surface area contributed by atoms with Crippen LogP contribution in [0.5, 0.6) is 11.5 Å². The van der Waals surface area contributed by atoms with Crippen LogP contribution in [-0.2, 0) is 0 Å². The highest BCUT2D eigenvalue weighted by Gasteiger charge is 2.00. The molecule has 0 aliphatic carbocycles. The summed E-state index contributed by atoms with van der Waals surface area (Å²) in [5.74, 6) is 1.76. The van der Waals surface area contributed by atoms with Gasteiger partial charge in [-0.05, 0) is 43.7 Å². The van der Waals surface area contributed by atoms with Gasteiger partial charge in [0.2, 0.25) is 0 Å². The van der Waals surface area contributed by atoms with Gasteiger partial charge in [-0.15, -0.1) is 0 Å². The summed E-state index contributed by atoms with van der Waals surface area (Å²) in [6, 6.07) is 5.77. The van der Waals surface area contributed by atoms with E-state index in [1.54, 1.807) is 7.11 Å². The molecule has 0 aromatic heterocycles. The molecule has 0 unspecified atom stereocenters. The summed E-state index contributed by atoms with van der Waals surface area (Å²) in [6.45, 7) is 3.33. The van der Waals surface area contributed by atoms with E-state index in [9.17, 15) is 0 Å². The number of benzene rings is 1. The molecule has 0 amide bonds. The van der Waals surface area contributed by atoms with Gasteiger partial charge in [0.25, 0.3) is 0 Å². The molecule has 0 radical (unpaired) electrons. The summed E-state index contributed by atoms with van der Waals surface area (Å²) < 4.78 is 10.6. The number of nitrogens with two attached hydrogens (primary N) is 1. The van der Waals surface area contributed by atoms with E-state index in [4.69, 9.17) is 15.2 Å². The normalized spacial score (nSPS) is 9.93. The number of rotatable bonds is 5. The molecule has 2 N–H and O–H groups in total. The number of aryl methyl sites for hydroxylation is 1. The third kappa shape index (κ3) is 2.92. The first-order valence-electron chi connectivity index (χ1n) is 4.75. The molecule has 78 valence electrons. The van der Waals surface area contributed by atoms with Crippen molar-refractivity contribution in [1.82, 2.24) is 0 Å². The molecule has 0 bridgehead atoms. The fraction of sp³-hybridized carbons (Fsp3) is 0.455. The van der Waals surface area contributed by atoms with Crippen molar-refractivity contribution in [2.45, 2.75) is 13.3 Å². The largest absolute Gasteiger partial charge is 0.497 e. The Morgan fingerprint density at radius 3 is 2.71 bits per heavy atom. The molecule has 0 saturated heterocycles. The second-order valence-electron chi connectivity index (χ2n) is 3.12. The summed E-state index contributed by atoms with van der Waals surface area (Å²) in [7, 11) is 1.66. The maximum absolute atomic E-state index is 5.54. The lowest BCUT2D eigenvalue weighted by molar-refractivity contribution is 0.310. The van der Waals surface area contributed by atoms with Crippen LogP contribution in [-0.4, -0.2) is 20.3 Å². The van der Waals surface area contributed by atoms with Crippen molar-refractivity contribution in [2.24, 2.45) is 5.73 Å². The van der Waals surface area contributed by atoms with Crippen LogP contribution in [0.2, 0.25) is 0 Å². The van der Waals surface area contributed by atoms with Gasteiger partial charge >= 0.3 is 0 Å². The average molecular weight is 195 g/mol. The number of hydrogen-bond donors (Lipinski definition) is 1. The van der Waals surface area contributed by atoms with Crippen molar-refractivity contribution in [1.29, 1.82) is 0 Å². The zero-order chi connectivity index (χ0) is 10.4. The lowest BCUT2D eigenvalue weighted by atomic mass is 10.2. The number of hydrogen-bond acceptors (Lipinski definition) is 3. The lowest BCUT2D eigenvalue weighted by Crippen LogP contribution is -2.06. The number of methoxy groups -OCH3 is 1. The number of ether oxygens (including phenoxy) is 2. The Labute approximate surface area is 84.8 Å². The van der Waals surface area contributed by atoms with E-state index >= 15 is 0 Å². The summed E-state index contributed by atoms with van der Waals surface area (Å²) in [5, 5.41) is 0. The van der Waals surface area contributed by atoms with E-state index in [2.05, 4.69) is 0 Å². The summed E-state index contributed by atoms with van der Waals surface area (Å²) in [6.07, 6.45) is 0.880. The van der Waals surface area contributed by atoms with Gasteiger partial charge < -0.3 is 15.2 Å². The second kappa shape index (κ2) is 5.50. The molecule has 0 saturated carbocycles. The van der Waals surface area contributed by atoms with Crippen LogP contribution in [0.1, 0.15) is 12.0 Å². The van der Waals surface area contributed by atoms with Gasteiger partial charge in [-0.25, -0.2) is 0 Å². The van der Waals surface area contributed by atoms with Crippen molar-refractivity contribution >= 4 is 0 Å². The van der Waals surface area contributed by atoms with Gasteiger partial charge in [0.15, 0.2) is 0 Å². The van der Waals surface area contributed by atoms with E-state index in [1.165, 1.54) is 0 Å². The maximum atomic E-state index is 5.54. The monoisotopic (exact) mass is 195 g/mol. The fourth-order valence-electron chi connectivity index (χ4n) is 1.18. The first-order valence-corrected chi connectivity index (χ1v) is 4.75. The van der Waals surface area contributed by atoms with E-state index < -0.39 is 0 Å². The first kappa shape index (κ1) is 10.9. The van der Waals surface area contributed by atoms with Crippen LogP contribution in [0.25, 0.3) is 0 Å². The summed E-state index contributed by atoms with van der Waals surface area (Å²) in [4.78, 5) is 0. The van der Waals surface area contributed by atoms with Crippen molar-refractivity contribution in [2.75, 3.05) is 20.3 Å². The lowest BCUT2D eigenvalue weighted by Gasteiger charge is -2.09. The van der Waals surface area contributed by atoms with Crippen LogP contribution in [0.3, 0.4) is 0 Å². The van der Waals surface area contributed by atoms with Gasteiger partial charge in [0.1, 0.15) is 11.5 Å². The Morgan fingerprint density at radius 1 is 1.36 bits per heavy atom. The topological polar surface area (TPSA) is 44.5 Å². The smallest absolute Gasteiger partial charge is 0.122 e. The molecule has 0 spiro atoms. The minimum absolute atomic E-state index is 0.662. The Bertz CT molecular complexity index is 287. The van der Waals surface area contributed by atoms with Crippen molar-refractivity contribution < 1.29 is 9.47 Å². The molecule has 0 fully saturated rings. The van der Waals surface area contributed by atoms with Crippen LogP contribution >= 0.6 is 0 Å². The zero-order valence-corrected chi connectivity index (χ0v) is 8.75. The minimum Gasteiger partial charge on any atom is -0.497 e. The molecule has 1 aromatic carbocycles. The third-order valence-electron chi connectivity index (χ3n) is 1.99. The van der Waals surface area contributed by atoms with E-state index in [0.717, 1.165) is 23.5 Å². The molecule has 3 nitrogen and oxygen atoms in total. The summed E-state index contributed by atoms with van der Waals surface area (Å²) in [5.41, 5.74) is 6.46. The van der Waals surface area contributed by atoms with Gasteiger partial charge in [0, 0.05) is 0 Å². The predicted molar refractivity (Wildman–Crippen MR) is 56.9 cm³/mol. The molecular formula is C11H17NO2. The Hall–Kier alpha value is -1.22. The van der Waals surface area contributed by atoms with Crippen molar-refractivity contribution in [3.8, 4) is 11.5 Å². The molecule has 0 atom stereocenters. The molecule has 1 aromatic rings. The second-order valence-corrected chi connectivity index (χ2v) is 3.12. The molecule has 0 aliphatic heterocycles. The van der Waals surface area contributed by atoms with Gasteiger partial charge in [0.05, 0.1) is 13.7 Å². The van der Waals surface area contributed by atoms with Crippen LogP contribution < -0.4 is 15.2 Å². The highest BCUT2D eigenvalue weighted by Crippen LogP contribution is 2.22. The highest BCUT2D eigenvalue weighted by atomic mass is 16.5. The summed E-state index contributed by atoms with van der Waals surface area (Å²) >= 11 is 0. The highest BCUT2D eigenvalue weighted by molar-refractivity contribution is 5.39. The van der Waals surface area contributed by atoms with Gasteiger partial charge in [-0.1, -0.05) is 0 Å². The molecule has 1 rings (SSSR count). The quantitative estimate of drug-likeness (QED) is 0.728.